The van der Waals surface area contributed by atoms with Gasteiger partial charge >= 0.3 is 0 Å². The Labute approximate surface area is 172 Å². The fourth-order valence-electron chi connectivity index (χ4n) is 2.69. The number of rotatable bonds is 6. The number of hydrogen-bond donors (Lipinski definition) is 1. The molecule has 1 aliphatic rings. The zero-order chi connectivity index (χ0) is 20.6. The maximum absolute atomic E-state index is 11.8. The Kier molecular flexibility index (Phi) is 4.94. The molecule has 0 bridgehead atoms. The Bertz CT molecular complexity index is 1230. The molecule has 0 radical (unpaired) electrons. The topological polar surface area (TPSA) is 118 Å². The smallest absolute Gasteiger partial charge is 0.246 e. The molecule has 8 nitrogen and oxygen atoms in total. The van der Waals surface area contributed by atoms with Crippen LogP contribution in [0, 0.1) is 18.3 Å². The number of thiazole rings is 1. The summed E-state index contributed by atoms with van der Waals surface area (Å²) >= 11 is 1.58. The lowest BCUT2D eigenvalue weighted by molar-refractivity contribution is 0.446. The molecule has 0 aromatic carbocycles. The molecular formula is C19H17N5O3S2. The lowest BCUT2D eigenvalue weighted by Crippen LogP contribution is -2.11. The summed E-state index contributed by atoms with van der Waals surface area (Å²) in [5, 5.41) is 10.1. The molecule has 0 aliphatic heterocycles. The van der Waals surface area contributed by atoms with Gasteiger partial charge in [0.25, 0.3) is 0 Å². The van der Waals surface area contributed by atoms with Gasteiger partial charge in [-0.05, 0) is 38.0 Å². The van der Waals surface area contributed by atoms with Crippen LogP contribution in [0.5, 0.6) is 11.8 Å². The average Bonchev–Trinajstić information content (AvgIpc) is 3.46. The fourth-order valence-corrected chi connectivity index (χ4v) is 4.26. The van der Waals surface area contributed by atoms with Gasteiger partial charge in [-0.15, -0.1) is 11.3 Å². The summed E-state index contributed by atoms with van der Waals surface area (Å²) < 4.78 is 31.9. The largest absolute Gasteiger partial charge is 0.417 e. The van der Waals surface area contributed by atoms with Crippen LogP contribution in [0.2, 0.25) is 0 Å². The molecule has 10 heteroatoms. The zero-order valence-corrected chi connectivity index (χ0v) is 17.3. The van der Waals surface area contributed by atoms with E-state index in [0.717, 1.165) is 29.0 Å². The molecule has 0 atom stereocenters. The van der Waals surface area contributed by atoms with Crippen LogP contribution in [0.25, 0.3) is 11.3 Å². The van der Waals surface area contributed by atoms with Crippen LogP contribution in [0.15, 0.2) is 30.6 Å². The lowest BCUT2D eigenvalue weighted by atomic mass is 10.1. The van der Waals surface area contributed by atoms with Gasteiger partial charge in [0.2, 0.25) is 21.8 Å². The third kappa shape index (κ3) is 4.52. The van der Waals surface area contributed by atoms with Gasteiger partial charge in [0.05, 0.1) is 22.4 Å². The van der Waals surface area contributed by atoms with E-state index in [-0.39, 0.29) is 11.6 Å². The summed E-state index contributed by atoms with van der Waals surface area (Å²) in [6, 6.07) is 6.91. The molecule has 1 saturated carbocycles. The minimum absolute atomic E-state index is 0.0889. The van der Waals surface area contributed by atoms with Crippen molar-refractivity contribution in [3.8, 4) is 29.1 Å². The first kappa shape index (κ1) is 19.3. The summed E-state index contributed by atoms with van der Waals surface area (Å²) in [6.45, 7) is 1.91. The number of ether oxygens (including phenoxy) is 1. The lowest BCUT2D eigenvalue weighted by Gasteiger charge is -2.12. The van der Waals surface area contributed by atoms with E-state index in [1.54, 1.807) is 35.7 Å². The molecular weight excluding hydrogens is 410 g/mol. The first-order chi connectivity index (χ1) is 13.8. The van der Waals surface area contributed by atoms with E-state index in [1.807, 2.05) is 13.0 Å². The van der Waals surface area contributed by atoms with E-state index in [4.69, 9.17) is 10.00 Å². The van der Waals surface area contributed by atoms with Crippen LogP contribution in [0.3, 0.4) is 0 Å². The van der Waals surface area contributed by atoms with Gasteiger partial charge < -0.3 is 4.74 Å². The molecule has 1 N–H and O–H groups in total. The summed E-state index contributed by atoms with van der Waals surface area (Å²) in [6.07, 6.45) is 6.35. The van der Waals surface area contributed by atoms with Crippen LogP contribution in [-0.2, 0) is 10.0 Å². The number of aryl methyl sites for hydroxylation is 1. The number of anilines is 1. The van der Waals surface area contributed by atoms with Crippen molar-refractivity contribution in [3.63, 3.8) is 0 Å². The van der Waals surface area contributed by atoms with Crippen LogP contribution in [0.4, 0.5) is 5.69 Å². The van der Waals surface area contributed by atoms with Crippen molar-refractivity contribution < 1.29 is 13.2 Å². The Hall–Kier alpha value is -3.03. The molecule has 1 fully saturated rings. The van der Waals surface area contributed by atoms with E-state index >= 15 is 0 Å². The second-order valence-electron chi connectivity index (χ2n) is 6.79. The third-order valence-electron chi connectivity index (χ3n) is 4.21. The van der Waals surface area contributed by atoms with Crippen molar-refractivity contribution in [1.29, 1.82) is 5.26 Å². The van der Waals surface area contributed by atoms with Crippen molar-refractivity contribution in [3.05, 3.63) is 46.0 Å². The monoisotopic (exact) mass is 427 g/mol. The molecule has 3 aromatic rings. The molecule has 148 valence electrons. The Balaban J connectivity index is 1.74. The maximum atomic E-state index is 11.8. The van der Waals surface area contributed by atoms with Gasteiger partial charge in [-0.25, -0.2) is 18.4 Å². The molecule has 1 aliphatic carbocycles. The molecule has 3 aromatic heterocycles. The third-order valence-corrected chi connectivity index (χ3v) is 5.91. The highest BCUT2D eigenvalue weighted by Crippen LogP contribution is 2.44. The Morgan fingerprint density at radius 1 is 1.24 bits per heavy atom. The molecule has 4 rings (SSSR count). The maximum Gasteiger partial charge on any atom is 0.246 e. The van der Waals surface area contributed by atoms with Gasteiger partial charge in [-0.1, -0.05) is 0 Å². The number of aromatic nitrogens is 3. The highest BCUT2D eigenvalue weighted by molar-refractivity contribution is 7.92. The van der Waals surface area contributed by atoms with Crippen molar-refractivity contribution in [2.45, 2.75) is 25.7 Å². The predicted molar refractivity (Wildman–Crippen MR) is 110 cm³/mol. The quantitative estimate of drug-likeness (QED) is 0.635. The average molecular weight is 428 g/mol. The molecule has 0 saturated heterocycles. The Morgan fingerprint density at radius 2 is 2.03 bits per heavy atom. The van der Waals surface area contributed by atoms with Gasteiger partial charge in [0, 0.05) is 23.9 Å². The minimum atomic E-state index is -3.53. The number of nitrogens with zero attached hydrogens (tertiary/aromatic N) is 4. The second kappa shape index (κ2) is 7.42. The van der Waals surface area contributed by atoms with E-state index in [9.17, 15) is 8.42 Å². The van der Waals surface area contributed by atoms with Crippen LogP contribution in [-0.4, -0.2) is 29.6 Å². The molecule has 0 amide bonds. The van der Waals surface area contributed by atoms with Crippen molar-refractivity contribution >= 4 is 27.0 Å². The summed E-state index contributed by atoms with van der Waals surface area (Å²) in [7, 11) is -3.53. The van der Waals surface area contributed by atoms with Gasteiger partial charge in [0.1, 0.15) is 16.8 Å². The van der Waals surface area contributed by atoms with Crippen molar-refractivity contribution in [1.82, 2.24) is 15.0 Å². The summed E-state index contributed by atoms with van der Waals surface area (Å²) in [4.78, 5) is 14.0. The van der Waals surface area contributed by atoms with Crippen LogP contribution >= 0.6 is 11.3 Å². The first-order valence-electron chi connectivity index (χ1n) is 8.82. The SMILES string of the molecule is Cc1sc(C2CC2)nc1Oc1nc(-c2cncc(C#N)c2)ccc1NS(C)(=O)=O. The van der Waals surface area contributed by atoms with Gasteiger partial charge in [0.15, 0.2) is 0 Å². The number of pyridine rings is 2. The van der Waals surface area contributed by atoms with E-state index in [0.29, 0.717) is 28.6 Å². The summed E-state index contributed by atoms with van der Waals surface area (Å²) in [5.74, 6) is 0.997. The molecule has 3 heterocycles. The fraction of sp³-hybridized carbons (Fsp3) is 0.263. The van der Waals surface area contributed by atoms with Crippen molar-refractivity contribution in [2.75, 3.05) is 11.0 Å². The highest BCUT2D eigenvalue weighted by Gasteiger charge is 2.28. The zero-order valence-electron chi connectivity index (χ0n) is 15.7. The van der Waals surface area contributed by atoms with Gasteiger partial charge in [-0.2, -0.15) is 5.26 Å². The number of hydrogen-bond acceptors (Lipinski definition) is 8. The predicted octanol–water partition coefficient (Wildman–Crippen LogP) is 3.82. The number of nitriles is 1. The minimum Gasteiger partial charge on any atom is -0.417 e. The van der Waals surface area contributed by atoms with E-state index in [2.05, 4.69) is 19.7 Å². The number of sulfonamides is 1. The Morgan fingerprint density at radius 3 is 2.72 bits per heavy atom. The first-order valence-corrected chi connectivity index (χ1v) is 11.5. The molecule has 0 spiro atoms. The van der Waals surface area contributed by atoms with Gasteiger partial charge in [-0.3, -0.25) is 9.71 Å². The standard InChI is InChI=1S/C19H17N5O3S2/c1-11-17(23-19(28-11)13-3-4-13)27-18-16(24-29(2,25)26)6-5-15(22-18)14-7-12(8-20)9-21-10-14/h5-7,9-10,13,24H,3-4H2,1-2H3. The van der Waals surface area contributed by atoms with E-state index in [1.165, 1.54) is 6.20 Å². The highest BCUT2D eigenvalue weighted by atomic mass is 32.2. The molecule has 29 heavy (non-hydrogen) atoms. The van der Waals surface area contributed by atoms with E-state index < -0.39 is 10.0 Å². The normalized spacial score (nSPS) is 13.7. The summed E-state index contributed by atoms with van der Waals surface area (Å²) in [5.41, 5.74) is 1.72. The van der Waals surface area contributed by atoms with Crippen LogP contribution in [0.1, 0.15) is 34.2 Å². The molecule has 0 unspecified atom stereocenters. The number of nitrogens with one attached hydrogen (secondary N) is 1. The van der Waals surface area contributed by atoms with Crippen molar-refractivity contribution in [2.24, 2.45) is 0 Å². The second-order valence-corrected chi connectivity index (χ2v) is 9.77. The van der Waals surface area contributed by atoms with Crippen LogP contribution < -0.4 is 9.46 Å².